The number of hydrogen-bond donors (Lipinski definition) is 1. The highest BCUT2D eigenvalue weighted by molar-refractivity contribution is 9.10. The fourth-order valence-electron chi connectivity index (χ4n) is 3.90. The maximum atomic E-state index is 6.46. The molecular formula is C21H25BrN2O2. The molecule has 0 saturated carbocycles. The van der Waals surface area contributed by atoms with Crippen LogP contribution in [0.1, 0.15) is 49.4 Å². The quantitative estimate of drug-likeness (QED) is 0.730. The molecule has 26 heavy (non-hydrogen) atoms. The first-order chi connectivity index (χ1) is 12.5. The standard InChI is InChI=1S/C21H25BrN2O2/c1-21(2)10-8-17(24(21)23)16-12-18(20-15(19(16)22)9-11-25-20)26-13-14-6-4-3-5-7-14/h3-7,12,17H,8-11,13,23H2,1-2H3. The van der Waals surface area contributed by atoms with Crippen molar-refractivity contribution in [2.75, 3.05) is 6.61 Å². The molecule has 0 spiro atoms. The molecule has 1 fully saturated rings. The molecule has 1 atom stereocenters. The Kier molecular flexibility index (Phi) is 4.71. The number of ether oxygens (including phenoxy) is 2. The van der Waals surface area contributed by atoms with E-state index in [1.54, 1.807) is 0 Å². The van der Waals surface area contributed by atoms with Crippen molar-refractivity contribution in [3.8, 4) is 11.5 Å². The summed E-state index contributed by atoms with van der Waals surface area (Å²) in [5, 5.41) is 2.00. The molecular weight excluding hydrogens is 392 g/mol. The second kappa shape index (κ2) is 6.87. The van der Waals surface area contributed by atoms with Gasteiger partial charge in [0.05, 0.1) is 12.6 Å². The van der Waals surface area contributed by atoms with Gasteiger partial charge in [-0.05, 0) is 43.9 Å². The minimum absolute atomic E-state index is 0.00464. The highest BCUT2D eigenvalue weighted by Crippen LogP contribution is 2.49. The van der Waals surface area contributed by atoms with Gasteiger partial charge in [-0.15, -0.1) is 0 Å². The van der Waals surface area contributed by atoms with Crippen molar-refractivity contribution in [1.29, 1.82) is 0 Å². The number of nitrogens with two attached hydrogens (primary N) is 1. The van der Waals surface area contributed by atoms with Gasteiger partial charge in [0, 0.05) is 22.0 Å². The van der Waals surface area contributed by atoms with Crippen LogP contribution in [0.15, 0.2) is 40.9 Å². The lowest BCUT2D eigenvalue weighted by Crippen LogP contribution is -2.44. The van der Waals surface area contributed by atoms with Gasteiger partial charge in [-0.3, -0.25) is 5.84 Å². The van der Waals surface area contributed by atoms with Crippen LogP contribution in [0.3, 0.4) is 0 Å². The van der Waals surface area contributed by atoms with E-state index in [1.165, 1.54) is 11.1 Å². The predicted octanol–water partition coefficient (Wildman–Crippen LogP) is 4.75. The van der Waals surface area contributed by atoms with Crippen LogP contribution in [0.4, 0.5) is 0 Å². The summed E-state index contributed by atoms with van der Waals surface area (Å²) in [7, 11) is 0. The van der Waals surface area contributed by atoms with Crippen molar-refractivity contribution in [3.63, 3.8) is 0 Å². The Labute approximate surface area is 163 Å². The van der Waals surface area contributed by atoms with Crippen molar-refractivity contribution in [2.24, 2.45) is 5.84 Å². The van der Waals surface area contributed by atoms with Crippen molar-refractivity contribution in [2.45, 2.75) is 51.3 Å². The molecule has 2 aromatic carbocycles. The maximum Gasteiger partial charge on any atom is 0.165 e. The van der Waals surface area contributed by atoms with Crippen molar-refractivity contribution in [1.82, 2.24) is 5.01 Å². The minimum atomic E-state index is 0.00464. The molecule has 0 amide bonds. The summed E-state index contributed by atoms with van der Waals surface area (Å²) in [5.41, 5.74) is 3.55. The van der Waals surface area contributed by atoms with Gasteiger partial charge < -0.3 is 9.47 Å². The molecule has 0 bridgehead atoms. The molecule has 5 heteroatoms. The van der Waals surface area contributed by atoms with Crippen LogP contribution < -0.4 is 15.3 Å². The molecule has 4 rings (SSSR count). The molecule has 2 aromatic rings. The van der Waals surface area contributed by atoms with E-state index in [0.29, 0.717) is 13.2 Å². The smallest absolute Gasteiger partial charge is 0.165 e. The number of nitrogens with zero attached hydrogens (tertiary/aromatic N) is 1. The third kappa shape index (κ3) is 3.13. The molecule has 2 heterocycles. The van der Waals surface area contributed by atoms with Crippen LogP contribution >= 0.6 is 15.9 Å². The Morgan fingerprint density at radius 3 is 2.77 bits per heavy atom. The van der Waals surface area contributed by atoms with Crippen molar-refractivity contribution >= 4 is 15.9 Å². The maximum absolute atomic E-state index is 6.46. The van der Waals surface area contributed by atoms with Crippen LogP contribution in [0.2, 0.25) is 0 Å². The number of rotatable bonds is 4. The molecule has 1 saturated heterocycles. The number of hydrogen-bond acceptors (Lipinski definition) is 4. The summed E-state index contributed by atoms with van der Waals surface area (Å²) in [4.78, 5) is 0. The predicted molar refractivity (Wildman–Crippen MR) is 106 cm³/mol. The Morgan fingerprint density at radius 2 is 2.08 bits per heavy atom. The van der Waals surface area contributed by atoms with E-state index in [9.17, 15) is 0 Å². The van der Waals surface area contributed by atoms with Crippen LogP contribution in [0, 0.1) is 0 Å². The summed E-state index contributed by atoms with van der Waals surface area (Å²) in [6, 6.07) is 12.5. The average molecular weight is 417 g/mol. The summed E-state index contributed by atoms with van der Waals surface area (Å²) in [6.07, 6.45) is 3.01. The summed E-state index contributed by atoms with van der Waals surface area (Å²) in [6.45, 7) is 5.62. The molecule has 2 N–H and O–H groups in total. The molecule has 0 aromatic heterocycles. The van der Waals surface area contributed by atoms with E-state index < -0.39 is 0 Å². The van der Waals surface area contributed by atoms with Gasteiger partial charge in [0.15, 0.2) is 11.5 Å². The van der Waals surface area contributed by atoms with E-state index in [1.807, 2.05) is 23.2 Å². The lowest BCUT2D eigenvalue weighted by atomic mass is 9.99. The Morgan fingerprint density at radius 1 is 1.31 bits per heavy atom. The summed E-state index contributed by atoms with van der Waals surface area (Å²) in [5.74, 6) is 8.15. The highest BCUT2D eigenvalue weighted by atomic mass is 79.9. The molecule has 0 aliphatic carbocycles. The van der Waals surface area contributed by atoms with Crippen LogP contribution in [0.5, 0.6) is 11.5 Å². The van der Waals surface area contributed by atoms with Gasteiger partial charge in [-0.1, -0.05) is 46.3 Å². The number of fused-ring (bicyclic) bond motifs is 1. The molecule has 4 nitrogen and oxygen atoms in total. The second-order valence-corrected chi connectivity index (χ2v) is 8.53. The van der Waals surface area contributed by atoms with E-state index >= 15 is 0 Å². The first kappa shape index (κ1) is 17.8. The monoisotopic (exact) mass is 416 g/mol. The van der Waals surface area contributed by atoms with E-state index in [4.69, 9.17) is 15.3 Å². The lowest BCUT2D eigenvalue weighted by molar-refractivity contribution is 0.130. The van der Waals surface area contributed by atoms with E-state index in [-0.39, 0.29) is 11.6 Å². The fourth-order valence-corrected chi connectivity index (χ4v) is 4.66. The zero-order valence-electron chi connectivity index (χ0n) is 15.3. The van der Waals surface area contributed by atoms with Crippen LogP contribution in [0.25, 0.3) is 0 Å². The Balaban J connectivity index is 1.68. The highest BCUT2D eigenvalue weighted by Gasteiger charge is 2.40. The molecule has 2 aliphatic rings. The third-order valence-electron chi connectivity index (χ3n) is 5.56. The average Bonchev–Trinajstić information content (AvgIpc) is 3.22. The largest absolute Gasteiger partial charge is 0.489 e. The molecule has 0 radical (unpaired) electrons. The van der Waals surface area contributed by atoms with Gasteiger partial charge in [0.1, 0.15) is 6.61 Å². The zero-order chi connectivity index (χ0) is 18.3. The Bertz CT molecular complexity index is 807. The van der Waals surface area contributed by atoms with Crippen LogP contribution in [-0.2, 0) is 13.0 Å². The first-order valence-electron chi connectivity index (χ1n) is 9.16. The number of benzene rings is 2. The third-order valence-corrected chi connectivity index (χ3v) is 6.50. The summed E-state index contributed by atoms with van der Waals surface area (Å²) >= 11 is 3.82. The van der Waals surface area contributed by atoms with E-state index in [2.05, 4.69) is 48.0 Å². The zero-order valence-corrected chi connectivity index (χ0v) is 16.9. The van der Waals surface area contributed by atoms with Crippen molar-refractivity contribution < 1.29 is 9.47 Å². The normalized spacial score (nSPS) is 21.5. The van der Waals surface area contributed by atoms with Gasteiger partial charge in [-0.25, -0.2) is 5.01 Å². The second-order valence-electron chi connectivity index (χ2n) is 7.73. The SMILES string of the molecule is CC1(C)CCC(c2cc(OCc3ccccc3)c3c(c2Br)CCO3)N1N. The Hall–Kier alpha value is -1.56. The molecule has 2 aliphatic heterocycles. The van der Waals surface area contributed by atoms with Gasteiger partial charge >= 0.3 is 0 Å². The van der Waals surface area contributed by atoms with Gasteiger partial charge in [0.2, 0.25) is 0 Å². The fraction of sp³-hybridized carbons (Fsp3) is 0.429. The van der Waals surface area contributed by atoms with Crippen LogP contribution in [-0.4, -0.2) is 17.2 Å². The molecule has 138 valence electrons. The molecule has 1 unspecified atom stereocenters. The first-order valence-corrected chi connectivity index (χ1v) is 9.95. The number of hydrazine groups is 1. The lowest BCUT2D eigenvalue weighted by Gasteiger charge is -2.32. The summed E-state index contributed by atoms with van der Waals surface area (Å²) < 4.78 is 13.2. The topological polar surface area (TPSA) is 47.7 Å². The van der Waals surface area contributed by atoms with Crippen molar-refractivity contribution in [3.05, 3.63) is 57.6 Å². The number of halogens is 1. The van der Waals surface area contributed by atoms with Gasteiger partial charge in [0.25, 0.3) is 0 Å². The van der Waals surface area contributed by atoms with E-state index in [0.717, 1.165) is 40.8 Å². The van der Waals surface area contributed by atoms with Gasteiger partial charge in [-0.2, -0.15) is 0 Å². The minimum Gasteiger partial charge on any atom is -0.489 e.